The van der Waals surface area contributed by atoms with Crippen LogP contribution < -0.4 is 20.1 Å². The van der Waals surface area contributed by atoms with Crippen molar-refractivity contribution < 1.29 is 19.0 Å². The first-order valence-corrected chi connectivity index (χ1v) is 15.8. The van der Waals surface area contributed by atoms with Gasteiger partial charge in [-0.15, -0.1) is 11.3 Å². The van der Waals surface area contributed by atoms with Gasteiger partial charge in [-0.3, -0.25) is 4.79 Å². The Kier molecular flexibility index (Phi) is 10.5. The van der Waals surface area contributed by atoms with Crippen molar-refractivity contribution in [2.24, 2.45) is 11.7 Å². The predicted octanol–water partition coefficient (Wildman–Crippen LogP) is 7.64. The van der Waals surface area contributed by atoms with Crippen LogP contribution in [0.15, 0.2) is 60.4 Å². The zero-order valence-electron chi connectivity index (χ0n) is 23.6. The Bertz CT molecular complexity index is 1340. The van der Waals surface area contributed by atoms with E-state index in [2.05, 4.69) is 26.8 Å². The normalized spacial score (nSPS) is 14.8. The van der Waals surface area contributed by atoms with E-state index in [0.717, 1.165) is 43.8 Å². The lowest BCUT2D eigenvalue weighted by Gasteiger charge is -2.26. The molecule has 0 spiro atoms. The molecule has 4 rings (SSSR count). The number of rotatable bonds is 13. The Morgan fingerprint density at radius 2 is 1.93 bits per heavy atom. The van der Waals surface area contributed by atoms with Crippen molar-refractivity contribution in [3.63, 3.8) is 0 Å². The molecule has 0 saturated carbocycles. The summed E-state index contributed by atoms with van der Waals surface area (Å²) in [5, 5.41) is 0.692. The summed E-state index contributed by atoms with van der Waals surface area (Å²) in [6, 6.07) is 15.2. The number of carbonyl (C=O) groups excluding carboxylic acids is 1. The minimum absolute atomic E-state index is 0.0126. The van der Waals surface area contributed by atoms with Crippen molar-refractivity contribution in [3.8, 4) is 21.9 Å². The molecule has 214 valence electrons. The van der Waals surface area contributed by atoms with Gasteiger partial charge in [0.25, 0.3) is 5.91 Å². The number of nitrogens with zero attached hydrogens (tertiary/aromatic N) is 1. The van der Waals surface area contributed by atoms with Crippen molar-refractivity contribution in [1.82, 2.24) is 0 Å². The molecule has 2 N–H and O–H groups in total. The van der Waals surface area contributed by atoms with Crippen molar-refractivity contribution in [2.45, 2.75) is 46.4 Å². The molecule has 1 aromatic heterocycles. The van der Waals surface area contributed by atoms with E-state index in [1.807, 2.05) is 55.5 Å². The number of nitrogens with two attached hydrogens (primary N) is 1. The maximum absolute atomic E-state index is 13.3. The van der Waals surface area contributed by atoms with Gasteiger partial charge in [0, 0.05) is 27.4 Å². The second-order valence-corrected chi connectivity index (χ2v) is 12.7. The predicted molar refractivity (Wildman–Crippen MR) is 168 cm³/mol. The number of halogens is 1. The van der Waals surface area contributed by atoms with Gasteiger partial charge in [-0.2, -0.15) is 11.8 Å². The highest BCUT2D eigenvalue weighted by molar-refractivity contribution is 7.99. The van der Waals surface area contributed by atoms with Crippen molar-refractivity contribution >= 4 is 46.3 Å². The molecule has 6 nitrogen and oxygen atoms in total. The lowest BCUT2D eigenvalue weighted by atomic mass is 10.0. The van der Waals surface area contributed by atoms with Crippen LogP contribution in [0, 0.1) is 5.92 Å². The van der Waals surface area contributed by atoms with Crippen LogP contribution in [0.25, 0.3) is 10.4 Å². The zero-order valence-corrected chi connectivity index (χ0v) is 26.0. The zero-order chi connectivity index (χ0) is 28.8. The van der Waals surface area contributed by atoms with Crippen LogP contribution in [-0.2, 0) is 11.3 Å². The summed E-state index contributed by atoms with van der Waals surface area (Å²) in [6.45, 7) is 9.09. The molecule has 3 aromatic rings. The number of fused-ring (bicyclic) bond motifs is 1. The number of allylic oxidation sites excluding steroid dienone is 1. The number of benzene rings is 2. The third-order valence-corrected chi connectivity index (χ3v) is 9.21. The molecule has 40 heavy (non-hydrogen) atoms. The smallest absolute Gasteiger partial charge is 0.269 e. The molecule has 1 aliphatic heterocycles. The van der Waals surface area contributed by atoms with Gasteiger partial charge in [0.1, 0.15) is 18.5 Å². The highest BCUT2D eigenvalue weighted by Crippen LogP contribution is 2.40. The van der Waals surface area contributed by atoms with Crippen molar-refractivity contribution in [2.75, 3.05) is 30.1 Å². The molecule has 1 aliphatic rings. The molecule has 9 heteroatoms. The molecule has 2 unspecified atom stereocenters. The first-order chi connectivity index (χ1) is 19.2. The summed E-state index contributed by atoms with van der Waals surface area (Å²) in [5.74, 6) is 3.96. The van der Waals surface area contributed by atoms with E-state index in [-0.39, 0.29) is 24.0 Å². The first-order valence-electron chi connectivity index (χ1n) is 13.4. The van der Waals surface area contributed by atoms with Crippen LogP contribution >= 0.6 is 34.7 Å². The van der Waals surface area contributed by atoms with Crippen molar-refractivity contribution in [3.05, 3.63) is 75.8 Å². The van der Waals surface area contributed by atoms with Crippen molar-refractivity contribution in [1.29, 1.82) is 0 Å². The molecule has 2 aromatic carbocycles. The average Bonchev–Trinajstić information content (AvgIpc) is 3.51. The SMILES string of the molecule is CC=C(OC(COc1ccc(N2Cc3cc(-c4ccc(Cl)cc4)sc3C2=O)cc1OC)CSCC)C(N)C(C)C. The highest BCUT2D eigenvalue weighted by Gasteiger charge is 2.32. The minimum atomic E-state index is -0.170. The van der Waals surface area contributed by atoms with E-state index in [1.165, 1.54) is 11.3 Å². The highest BCUT2D eigenvalue weighted by atomic mass is 35.5. The summed E-state index contributed by atoms with van der Waals surface area (Å²) >= 11 is 9.34. The van der Waals surface area contributed by atoms with Gasteiger partial charge in [0.05, 0.1) is 24.6 Å². The molecule has 1 amide bonds. The maximum Gasteiger partial charge on any atom is 0.269 e. The van der Waals surface area contributed by atoms with Gasteiger partial charge in [-0.1, -0.05) is 44.5 Å². The molecule has 0 saturated heterocycles. The molecular weight excluding hydrogens is 564 g/mol. The molecular formula is C31H37ClN2O4S2. The summed E-state index contributed by atoms with van der Waals surface area (Å²) < 4.78 is 18.2. The Hall–Kier alpha value is -2.65. The maximum atomic E-state index is 13.3. The van der Waals surface area contributed by atoms with Gasteiger partial charge < -0.3 is 24.8 Å². The molecule has 0 radical (unpaired) electrons. The van der Waals surface area contributed by atoms with E-state index >= 15 is 0 Å². The third kappa shape index (κ3) is 6.97. The second-order valence-electron chi connectivity index (χ2n) is 9.87. The number of thiophene rings is 1. The summed E-state index contributed by atoms with van der Waals surface area (Å²) in [4.78, 5) is 16.9. The Morgan fingerprint density at radius 3 is 2.55 bits per heavy atom. The fourth-order valence-electron chi connectivity index (χ4n) is 4.41. The van der Waals surface area contributed by atoms with E-state index in [0.29, 0.717) is 29.7 Å². The summed E-state index contributed by atoms with van der Waals surface area (Å²) in [6.07, 6.45) is 1.77. The van der Waals surface area contributed by atoms with E-state index in [1.54, 1.807) is 23.8 Å². The third-order valence-electron chi connectivity index (χ3n) is 6.73. The summed E-state index contributed by atoms with van der Waals surface area (Å²) in [5.41, 5.74) is 9.20. The van der Waals surface area contributed by atoms with Crippen LogP contribution in [0.1, 0.15) is 42.9 Å². The van der Waals surface area contributed by atoms with E-state index < -0.39 is 0 Å². The fourth-order valence-corrected chi connectivity index (χ4v) is 6.32. The number of carbonyl (C=O) groups is 1. The molecule has 0 aliphatic carbocycles. The first kappa shape index (κ1) is 30.3. The molecule has 2 heterocycles. The van der Waals surface area contributed by atoms with Crippen LogP contribution in [0.2, 0.25) is 5.02 Å². The number of methoxy groups -OCH3 is 1. The van der Waals surface area contributed by atoms with Gasteiger partial charge >= 0.3 is 0 Å². The Balaban J connectivity index is 1.45. The number of amides is 1. The van der Waals surface area contributed by atoms with Crippen LogP contribution in [0.5, 0.6) is 11.5 Å². The second kappa shape index (κ2) is 13.8. The lowest BCUT2D eigenvalue weighted by molar-refractivity contribution is 0.0709. The molecule has 0 fully saturated rings. The number of anilines is 1. The average molecular weight is 601 g/mol. The van der Waals surface area contributed by atoms with Gasteiger partial charge in [0.2, 0.25) is 0 Å². The molecule has 0 bridgehead atoms. The monoisotopic (exact) mass is 600 g/mol. The van der Waals surface area contributed by atoms with Crippen LogP contribution in [0.3, 0.4) is 0 Å². The number of hydrogen-bond acceptors (Lipinski definition) is 7. The Morgan fingerprint density at radius 1 is 1.18 bits per heavy atom. The standard InChI is InChI=1S/C31H37ClN2O4S2/c1-6-25(29(33)19(3)4)38-24(18-39-7-2)17-37-26-13-12-23(15-27(26)36-5)34-16-21-14-28(40-30(21)31(34)35)20-8-10-22(32)11-9-20/h6,8-15,19,24,29H,7,16-18,33H2,1-5H3. The quantitative estimate of drug-likeness (QED) is 0.203. The number of ether oxygens (including phenoxy) is 3. The summed E-state index contributed by atoms with van der Waals surface area (Å²) in [7, 11) is 1.60. The number of thioether (sulfide) groups is 1. The van der Waals surface area contributed by atoms with Crippen LogP contribution in [0.4, 0.5) is 5.69 Å². The minimum Gasteiger partial charge on any atom is -0.493 e. The topological polar surface area (TPSA) is 74.0 Å². The lowest BCUT2D eigenvalue weighted by Crippen LogP contribution is -2.34. The van der Waals surface area contributed by atoms with Gasteiger partial charge in [-0.25, -0.2) is 0 Å². The largest absolute Gasteiger partial charge is 0.493 e. The van der Waals surface area contributed by atoms with Gasteiger partial charge in [0.15, 0.2) is 11.5 Å². The van der Waals surface area contributed by atoms with Gasteiger partial charge in [-0.05, 0) is 66.1 Å². The molecule has 2 atom stereocenters. The van der Waals surface area contributed by atoms with Crippen LogP contribution in [-0.4, -0.2) is 43.3 Å². The van der Waals surface area contributed by atoms with E-state index in [9.17, 15) is 4.79 Å². The fraction of sp³-hybridized carbons (Fsp3) is 0.387. The van der Waals surface area contributed by atoms with E-state index in [4.69, 9.17) is 31.5 Å². The Labute approximate surface area is 250 Å². The number of hydrogen-bond donors (Lipinski definition) is 1.